The van der Waals surface area contributed by atoms with Gasteiger partial charge in [-0.1, -0.05) is 29.8 Å². The molecule has 1 heterocycles. The monoisotopic (exact) mass is 390 g/mol. The standard InChI is InChI=1S/C18H15ClN2O4S/c1-2-24-18(23)16-13(12(9-20)17(21)26-16)10-25-15(22)8-7-11-5-3-4-6-14(11)19/h3-8H,2,10,21H2,1H3/b8-7+. The Hall–Kier alpha value is -2.82. The first-order valence-electron chi connectivity index (χ1n) is 7.55. The van der Waals surface area contributed by atoms with Gasteiger partial charge in [-0.15, -0.1) is 11.3 Å². The van der Waals surface area contributed by atoms with E-state index in [-0.39, 0.29) is 34.2 Å². The van der Waals surface area contributed by atoms with Crippen molar-refractivity contribution in [3.05, 3.63) is 56.9 Å². The highest BCUT2D eigenvalue weighted by molar-refractivity contribution is 7.18. The smallest absolute Gasteiger partial charge is 0.348 e. The molecule has 8 heteroatoms. The molecule has 0 atom stereocenters. The second-order valence-corrected chi connectivity index (χ2v) is 6.40. The number of nitrogens with two attached hydrogens (primary N) is 1. The van der Waals surface area contributed by atoms with E-state index >= 15 is 0 Å². The molecule has 2 rings (SSSR count). The fourth-order valence-electron chi connectivity index (χ4n) is 2.07. The highest BCUT2D eigenvalue weighted by Crippen LogP contribution is 2.31. The molecule has 0 aliphatic heterocycles. The van der Waals surface area contributed by atoms with Crippen LogP contribution >= 0.6 is 22.9 Å². The zero-order valence-corrected chi connectivity index (χ0v) is 15.4. The maximum atomic E-state index is 12.0. The van der Waals surface area contributed by atoms with Crippen LogP contribution in [0.2, 0.25) is 5.02 Å². The summed E-state index contributed by atoms with van der Waals surface area (Å²) in [5, 5.41) is 9.90. The summed E-state index contributed by atoms with van der Waals surface area (Å²) in [4.78, 5) is 24.1. The predicted molar refractivity (Wildman–Crippen MR) is 99.7 cm³/mol. The first-order valence-corrected chi connectivity index (χ1v) is 8.75. The molecule has 26 heavy (non-hydrogen) atoms. The summed E-state index contributed by atoms with van der Waals surface area (Å²) in [5.74, 6) is -1.25. The third kappa shape index (κ3) is 4.63. The molecule has 1 aromatic heterocycles. The highest BCUT2D eigenvalue weighted by Gasteiger charge is 2.23. The van der Waals surface area contributed by atoms with Gasteiger partial charge in [-0.3, -0.25) is 0 Å². The molecule has 0 saturated heterocycles. The lowest BCUT2D eigenvalue weighted by atomic mass is 10.1. The topological polar surface area (TPSA) is 102 Å². The second kappa shape index (κ2) is 9.04. The van der Waals surface area contributed by atoms with Crippen LogP contribution in [-0.2, 0) is 20.9 Å². The van der Waals surface area contributed by atoms with Gasteiger partial charge in [-0.25, -0.2) is 9.59 Å². The van der Waals surface area contributed by atoms with Gasteiger partial charge in [0, 0.05) is 16.7 Å². The van der Waals surface area contributed by atoms with Crippen molar-refractivity contribution in [1.29, 1.82) is 5.26 Å². The molecule has 2 N–H and O–H groups in total. The van der Waals surface area contributed by atoms with E-state index in [1.54, 1.807) is 31.2 Å². The van der Waals surface area contributed by atoms with Crippen molar-refractivity contribution in [1.82, 2.24) is 0 Å². The van der Waals surface area contributed by atoms with Crippen LogP contribution in [0.3, 0.4) is 0 Å². The summed E-state index contributed by atoms with van der Waals surface area (Å²) in [6.45, 7) is 1.58. The van der Waals surface area contributed by atoms with Crippen molar-refractivity contribution < 1.29 is 19.1 Å². The average molecular weight is 391 g/mol. The number of anilines is 1. The van der Waals surface area contributed by atoms with E-state index in [0.29, 0.717) is 10.6 Å². The number of rotatable bonds is 6. The molecule has 0 spiro atoms. The number of halogens is 1. The Kier molecular flexibility index (Phi) is 6.78. The number of carbonyl (C=O) groups excluding carboxylic acids is 2. The minimum Gasteiger partial charge on any atom is -0.462 e. The van der Waals surface area contributed by atoms with Crippen LogP contribution in [0.5, 0.6) is 0 Å². The van der Waals surface area contributed by atoms with Gasteiger partial charge in [0.2, 0.25) is 0 Å². The number of nitrogen functional groups attached to an aromatic ring is 1. The summed E-state index contributed by atoms with van der Waals surface area (Å²) >= 11 is 6.94. The minimum atomic E-state index is -0.645. The molecule has 6 nitrogen and oxygen atoms in total. The molecule has 0 unspecified atom stereocenters. The van der Waals surface area contributed by atoms with Crippen LogP contribution in [0, 0.1) is 11.3 Å². The maximum Gasteiger partial charge on any atom is 0.348 e. The summed E-state index contributed by atoms with van der Waals surface area (Å²) in [7, 11) is 0. The molecule has 0 fully saturated rings. The molecular weight excluding hydrogens is 376 g/mol. The van der Waals surface area contributed by atoms with Crippen molar-refractivity contribution in [3.63, 3.8) is 0 Å². The third-order valence-electron chi connectivity index (χ3n) is 3.27. The normalized spacial score (nSPS) is 10.5. The van der Waals surface area contributed by atoms with Gasteiger partial charge in [0.15, 0.2) is 0 Å². The molecule has 0 aliphatic rings. The quantitative estimate of drug-likeness (QED) is 0.594. The number of benzene rings is 1. The van der Waals surface area contributed by atoms with Crippen molar-refractivity contribution in [2.75, 3.05) is 12.3 Å². The molecule has 0 amide bonds. The van der Waals surface area contributed by atoms with E-state index in [0.717, 1.165) is 11.3 Å². The maximum absolute atomic E-state index is 12.0. The minimum absolute atomic E-state index is 0.112. The SMILES string of the molecule is CCOC(=O)c1sc(N)c(C#N)c1COC(=O)/C=C/c1ccccc1Cl. The van der Waals surface area contributed by atoms with Crippen LogP contribution < -0.4 is 5.73 Å². The Bertz CT molecular complexity index is 899. The van der Waals surface area contributed by atoms with Crippen molar-refractivity contribution >= 4 is 46.0 Å². The van der Waals surface area contributed by atoms with Gasteiger partial charge in [0.1, 0.15) is 22.6 Å². The lowest BCUT2D eigenvalue weighted by molar-refractivity contribution is -0.138. The average Bonchev–Trinajstić information content (AvgIpc) is 2.95. The molecule has 0 radical (unpaired) electrons. The second-order valence-electron chi connectivity index (χ2n) is 4.94. The van der Waals surface area contributed by atoms with E-state index in [9.17, 15) is 14.9 Å². The summed E-state index contributed by atoms with van der Waals surface area (Å²) < 4.78 is 10.1. The largest absolute Gasteiger partial charge is 0.462 e. The van der Waals surface area contributed by atoms with Gasteiger partial charge < -0.3 is 15.2 Å². The van der Waals surface area contributed by atoms with Crippen molar-refractivity contribution in [2.45, 2.75) is 13.5 Å². The third-order valence-corrected chi connectivity index (χ3v) is 4.66. The van der Waals surface area contributed by atoms with Crippen LogP contribution in [0.15, 0.2) is 30.3 Å². The number of hydrogen-bond acceptors (Lipinski definition) is 7. The zero-order valence-electron chi connectivity index (χ0n) is 13.8. The van der Waals surface area contributed by atoms with E-state index < -0.39 is 11.9 Å². The van der Waals surface area contributed by atoms with Gasteiger partial charge in [-0.05, 0) is 24.6 Å². The molecule has 134 valence electrons. The zero-order chi connectivity index (χ0) is 19.1. The van der Waals surface area contributed by atoms with Crippen molar-refractivity contribution in [2.24, 2.45) is 0 Å². The Morgan fingerprint density at radius 1 is 1.35 bits per heavy atom. The molecule has 0 bridgehead atoms. The van der Waals surface area contributed by atoms with Crippen LogP contribution in [-0.4, -0.2) is 18.5 Å². The fourth-order valence-corrected chi connectivity index (χ4v) is 3.18. The molecule has 0 saturated carbocycles. The number of hydrogen-bond donors (Lipinski definition) is 1. The molecule has 0 aliphatic carbocycles. The van der Waals surface area contributed by atoms with E-state index in [1.807, 2.05) is 6.07 Å². The lowest BCUT2D eigenvalue weighted by Gasteiger charge is -2.05. The number of esters is 2. The Balaban J connectivity index is 2.13. The first kappa shape index (κ1) is 19.5. The lowest BCUT2D eigenvalue weighted by Crippen LogP contribution is -2.08. The molecular formula is C18H15ClN2O4S. The van der Waals surface area contributed by atoms with Gasteiger partial charge in [0.25, 0.3) is 0 Å². The number of thiophene rings is 1. The van der Waals surface area contributed by atoms with E-state index in [2.05, 4.69) is 0 Å². The number of nitriles is 1. The van der Waals surface area contributed by atoms with Crippen LogP contribution in [0.25, 0.3) is 6.08 Å². The summed E-state index contributed by atoms with van der Waals surface area (Å²) in [6.07, 6.45) is 2.73. The Labute approximate surface area is 159 Å². The highest BCUT2D eigenvalue weighted by atomic mass is 35.5. The van der Waals surface area contributed by atoms with Gasteiger partial charge >= 0.3 is 11.9 Å². The predicted octanol–water partition coefficient (Wildman–Crippen LogP) is 3.79. The summed E-state index contributed by atoms with van der Waals surface area (Å²) in [6, 6.07) is 8.93. The van der Waals surface area contributed by atoms with Gasteiger partial charge in [-0.2, -0.15) is 5.26 Å². The number of ether oxygens (including phenoxy) is 2. The molecule has 1 aromatic carbocycles. The number of nitrogens with zero attached hydrogens (tertiary/aromatic N) is 1. The first-order chi connectivity index (χ1) is 12.5. The molecule has 2 aromatic rings. The van der Waals surface area contributed by atoms with Gasteiger partial charge in [0.05, 0.1) is 12.2 Å². The van der Waals surface area contributed by atoms with Crippen LogP contribution in [0.1, 0.15) is 33.3 Å². The summed E-state index contributed by atoms with van der Waals surface area (Å²) in [5.41, 5.74) is 6.78. The van der Waals surface area contributed by atoms with E-state index in [4.69, 9.17) is 26.8 Å². The van der Waals surface area contributed by atoms with Crippen LogP contribution in [0.4, 0.5) is 5.00 Å². The van der Waals surface area contributed by atoms with Crippen molar-refractivity contribution in [3.8, 4) is 6.07 Å². The fraction of sp³-hybridized carbons (Fsp3) is 0.167. The van der Waals surface area contributed by atoms with E-state index in [1.165, 1.54) is 12.2 Å². The Morgan fingerprint density at radius 3 is 2.73 bits per heavy atom. The number of carbonyl (C=O) groups is 2. The Morgan fingerprint density at radius 2 is 2.08 bits per heavy atom.